The summed E-state index contributed by atoms with van der Waals surface area (Å²) in [5.41, 5.74) is 0. The first-order valence-corrected chi connectivity index (χ1v) is 6.29. The molecule has 0 aliphatic carbocycles. The first kappa shape index (κ1) is 12.0. The van der Waals surface area contributed by atoms with E-state index in [1.807, 2.05) is 13.8 Å². The Bertz CT molecular complexity index is 259. The largest absolute Gasteiger partial charge is 0.363 e. The molecule has 0 radical (unpaired) electrons. The molecule has 88 valence electrons. The predicted octanol–water partition coefficient (Wildman–Crippen LogP) is 0.633. The lowest BCUT2D eigenvalue weighted by molar-refractivity contribution is -0.296. The number of ether oxygens (including phenoxy) is 4. The van der Waals surface area contributed by atoms with Crippen LogP contribution in [0, 0.1) is 0 Å². The summed E-state index contributed by atoms with van der Waals surface area (Å²) in [6, 6.07) is 0. The Morgan fingerprint density at radius 1 is 1.33 bits per heavy atom. The van der Waals surface area contributed by atoms with Gasteiger partial charge in [0.15, 0.2) is 12.1 Å². The minimum absolute atomic E-state index is 0.371. The standard InChI is InChI=1S/C9H15IO5/c1-8(2)13-5-6(14-8)9(11,4-10)15-7(5)12-3/h5-7,11H,4H2,1-3H3/t5-,6+,7-,9+/m1/s1. The summed E-state index contributed by atoms with van der Waals surface area (Å²) in [4.78, 5) is 0. The van der Waals surface area contributed by atoms with Gasteiger partial charge in [-0.05, 0) is 13.8 Å². The molecule has 0 aromatic carbocycles. The third-order valence-electron chi connectivity index (χ3n) is 2.59. The van der Waals surface area contributed by atoms with Gasteiger partial charge in [-0.25, -0.2) is 0 Å². The van der Waals surface area contributed by atoms with Gasteiger partial charge in [-0.1, -0.05) is 22.6 Å². The van der Waals surface area contributed by atoms with E-state index < -0.39 is 24.0 Å². The van der Waals surface area contributed by atoms with Crippen LogP contribution < -0.4 is 0 Å². The molecule has 2 aliphatic rings. The third kappa shape index (κ3) is 1.91. The summed E-state index contributed by atoms with van der Waals surface area (Å²) < 4.78 is 22.2. The maximum Gasteiger partial charge on any atom is 0.207 e. The minimum atomic E-state index is -1.32. The van der Waals surface area contributed by atoms with Crippen LogP contribution in [0.3, 0.4) is 0 Å². The van der Waals surface area contributed by atoms with Crippen LogP contribution in [0.1, 0.15) is 13.8 Å². The average molecular weight is 330 g/mol. The molecule has 2 saturated heterocycles. The number of methoxy groups -OCH3 is 1. The van der Waals surface area contributed by atoms with Crippen molar-refractivity contribution in [2.24, 2.45) is 0 Å². The van der Waals surface area contributed by atoms with E-state index >= 15 is 0 Å². The minimum Gasteiger partial charge on any atom is -0.363 e. The number of hydrogen-bond acceptors (Lipinski definition) is 5. The summed E-state index contributed by atoms with van der Waals surface area (Å²) in [5, 5.41) is 10.2. The van der Waals surface area contributed by atoms with Gasteiger partial charge in [-0.3, -0.25) is 0 Å². The Morgan fingerprint density at radius 3 is 2.53 bits per heavy atom. The SMILES string of the molecule is CO[C@@H]1O[C@@](O)(CI)[C@H]2OC(C)(C)O[C@@H]12. The quantitative estimate of drug-likeness (QED) is 0.595. The first-order chi connectivity index (χ1) is 6.92. The zero-order valence-corrected chi connectivity index (χ0v) is 11.1. The van der Waals surface area contributed by atoms with E-state index in [0.717, 1.165) is 0 Å². The van der Waals surface area contributed by atoms with Crippen molar-refractivity contribution in [2.45, 2.75) is 43.9 Å². The fourth-order valence-corrected chi connectivity index (χ4v) is 2.58. The van der Waals surface area contributed by atoms with Crippen LogP contribution in [0.15, 0.2) is 0 Å². The summed E-state index contributed by atoms with van der Waals surface area (Å²) in [6.45, 7) is 3.62. The highest BCUT2D eigenvalue weighted by Gasteiger charge is 2.62. The molecular formula is C9H15IO5. The number of hydrogen-bond donors (Lipinski definition) is 1. The van der Waals surface area contributed by atoms with Crippen molar-refractivity contribution in [2.75, 3.05) is 11.5 Å². The molecule has 1 N–H and O–H groups in total. The van der Waals surface area contributed by atoms with E-state index in [9.17, 15) is 5.11 Å². The van der Waals surface area contributed by atoms with Gasteiger partial charge in [-0.2, -0.15) is 0 Å². The first-order valence-electron chi connectivity index (χ1n) is 4.76. The van der Waals surface area contributed by atoms with E-state index in [1.165, 1.54) is 7.11 Å². The zero-order valence-electron chi connectivity index (χ0n) is 8.90. The van der Waals surface area contributed by atoms with E-state index in [2.05, 4.69) is 22.6 Å². The Hall–Kier alpha value is 0.530. The van der Waals surface area contributed by atoms with Gasteiger partial charge in [0.05, 0.1) is 4.43 Å². The number of halogens is 1. The van der Waals surface area contributed by atoms with E-state index in [-0.39, 0.29) is 6.10 Å². The van der Waals surface area contributed by atoms with Gasteiger partial charge in [0, 0.05) is 7.11 Å². The average Bonchev–Trinajstić information content (AvgIpc) is 2.61. The Kier molecular flexibility index (Phi) is 3.02. The van der Waals surface area contributed by atoms with Crippen molar-refractivity contribution in [1.29, 1.82) is 0 Å². The molecule has 15 heavy (non-hydrogen) atoms. The van der Waals surface area contributed by atoms with E-state index in [4.69, 9.17) is 18.9 Å². The van der Waals surface area contributed by atoms with Gasteiger partial charge >= 0.3 is 0 Å². The fraction of sp³-hybridized carbons (Fsp3) is 1.00. The predicted molar refractivity (Wildman–Crippen MR) is 59.5 cm³/mol. The van der Waals surface area contributed by atoms with Crippen LogP contribution in [0.25, 0.3) is 0 Å². The molecule has 2 heterocycles. The number of alkyl halides is 1. The maximum absolute atomic E-state index is 10.2. The molecule has 0 saturated carbocycles. The monoisotopic (exact) mass is 330 g/mol. The van der Waals surface area contributed by atoms with Crippen LogP contribution in [0.5, 0.6) is 0 Å². The molecule has 6 heteroatoms. The highest BCUT2D eigenvalue weighted by atomic mass is 127. The normalized spacial score (nSPS) is 48.2. The molecule has 5 nitrogen and oxygen atoms in total. The molecule has 0 aromatic heterocycles. The lowest BCUT2D eigenvalue weighted by Gasteiger charge is -2.28. The van der Waals surface area contributed by atoms with E-state index in [0.29, 0.717) is 4.43 Å². The van der Waals surface area contributed by atoms with Crippen molar-refractivity contribution in [3.63, 3.8) is 0 Å². The third-order valence-corrected chi connectivity index (χ3v) is 3.68. The lowest BCUT2D eigenvalue weighted by atomic mass is 10.1. The van der Waals surface area contributed by atoms with Crippen LogP contribution in [-0.2, 0) is 18.9 Å². The van der Waals surface area contributed by atoms with Gasteiger partial charge < -0.3 is 24.1 Å². The Balaban J connectivity index is 2.23. The van der Waals surface area contributed by atoms with Gasteiger partial charge in [0.1, 0.15) is 12.2 Å². The topological polar surface area (TPSA) is 57.2 Å². The summed E-state index contributed by atoms with van der Waals surface area (Å²) in [6.07, 6.45) is -1.43. The van der Waals surface area contributed by atoms with Crippen molar-refractivity contribution in [3.8, 4) is 0 Å². The second-order valence-corrected chi connectivity index (χ2v) is 4.98. The fourth-order valence-electron chi connectivity index (χ4n) is 1.96. The van der Waals surface area contributed by atoms with Crippen LogP contribution >= 0.6 is 22.6 Å². The van der Waals surface area contributed by atoms with Crippen molar-refractivity contribution >= 4 is 22.6 Å². The van der Waals surface area contributed by atoms with Crippen molar-refractivity contribution < 1.29 is 24.1 Å². The summed E-state index contributed by atoms with van der Waals surface area (Å²) in [7, 11) is 1.52. The summed E-state index contributed by atoms with van der Waals surface area (Å²) >= 11 is 2.05. The van der Waals surface area contributed by atoms with Gasteiger partial charge in [-0.15, -0.1) is 0 Å². The highest BCUT2D eigenvalue weighted by Crippen LogP contribution is 2.43. The second-order valence-electron chi connectivity index (χ2n) is 4.22. The number of fused-ring (bicyclic) bond motifs is 1. The van der Waals surface area contributed by atoms with Gasteiger partial charge in [0.2, 0.25) is 5.79 Å². The Labute approximate surface area is 102 Å². The van der Waals surface area contributed by atoms with Crippen LogP contribution in [-0.4, -0.2) is 46.7 Å². The smallest absolute Gasteiger partial charge is 0.207 e. The molecule has 0 aromatic rings. The molecular weight excluding hydrogens is 315 g/mol. The van der Waals surface area contributed by atoms with Crippen LogP contribution in [0.2, 0.25) is 0 Å². The highest BCUT2D eigenvalue weighted by molar-refractivity contribution is 14.1. The number of rotatable bonds is 2. The Morgan fingerprint density at radius 2 is 2.00 bits per heavy atom. The number of aliphatic hydroxyl groups is 1. The molecule has 0 amide bonds. The van der Waals surface area contributed by atoms with Gasteiger partial charge in [0.25, 0.3) is 0 Å². The zero-order chi connectivity index (χ0) is 11.3. The second kappa shape index (κ2) is 3.78. The molecule has 2 fully saturated rings. The van der Waals surface area contributed by atoms with E-state index in [1.54, 1.807) is 0 Å². The molecule has 0 spiro atoms. The van der Waals surface area contributed by atoms with Crippen LogP contribution in [0.4, 0.5) is 0 Å². The van der Waals surface area contributed by atoms with Crippen molar-refractivity contribution in [1.82, 2.24) is 0 Å². The molecule has 0 unspecified atom stereocenters. The molecule has 2 aliphatic heterocycles. The maximum atomic E-state index is 10.2. The molecule has 0 bridgehead atoms. The van der Waals surface area contributed by atoms with Crippen molar-refractivity contribution in [3.05, 3.63) is 0 Å². The summed E-state index contributed by atoms with van der Waals surface area (Å²) in [5.74, 6) is -2.02. The molecule has 4 atom stereocenters. The molecule has 2 rings (SSSR count). The lowest BCUT2D eigenvalue weighted by Crippen LogP contribution is -2.44.